The van der Waals surface area contributed by atoms with Crippen LogP contribution in [0.5, 0.6) is 0 Å². The van der Waals surface area contributed by atoms with E-state index in [2.05, 4.69) is 16.4 Å². The third-order valence-electron chi connectivity index (χ3n) is 6.31. The molecular weight excluding hydrogens is 341 g/mol. The largest absolute Gasteiger partial charge is 0.369 e. The summed E-state index contributed by atoms with van der Waals surface area (Å²) in [6.07, 6.45) is 2.20. The summed E-state index contributed by atoms with van der Waals surface area (Å²) >= 11 is 0. The van der Waals surface area contributed by atoms with Crippen molar-refractivity contribution in [1.29, 1.82) is 0 Å². The highest BCUT2D eigenvalue weighted by Crippen LogP contribution is 2.29. The molecule has 2 aliphatic heterocycles. The van der Waals surface area contributed by atoms with Crippen LogP contribution in [0.4, 0.5) is 10.1 Å². The second kappa shape index (κ2) is 8.01. The zero-order chi connectivity index (χ0) is 19.6. The lowest BCUT2D eigenvalue weighted by Gasteiger charge is -2.45. The fraction of sp³-hybridized carbons (Fsp3) is 0.591. The summed E-state index contributed by atoms with van der Waals surface area (Å²) in [7, 11) is 0. The third kappa shape index (κ3) is 4.34. The summed E-state index contributed by atoms with van der Waals surface area (Å²) < 4.78 is 13.1. The van der Waals surface area contributed by atoms with Crippen LogP contribution >= 0.6 is 0 Å². The summed E-state index contributed by atoms with van der Waals surface area (Å²) in [4.78, 5) is 19.8. The van der Waals surface area contributed by atoms with E-state index < -0.39 is 5.41 Å². The van der Waals surface area contributed by atoms with E-state index >= 15 is 0 Å². The van der Waals surface area contributed by atoms with Gasteiger partial charge in [0, 0.05) is 51.0 Å². The summed E-state index contributed by atoms with van der Waals surface area (Å²) in [5.41, 5.74) is 1.51. The second-order valence-electron chi connectivity index (χ2n) is 8.45. The molecule has 2 aliphatic rings. The van der Waals surface area contributed by atoms with Crippen molar-refractivity contribution < 1.29 is 9.18 Å². The van der Waals surface area contributed by atoms with Gasteiger partial charge in [0.25, 0.3) is 0 Å². The minimum atomic E-state index is -0.497. The number of piperazine rings is 1. The van der Waals surface area contributed by atoms with E-state index in [1.165, 1.54) is 12.1 Å². The van der Waals surface area contributed by atoms with Crippen LogP contribution < -0.4 is 4.90 Å². The highest BCUT2D eigenvalue weighted by atomic mass is 19.1. The van der Waals surface area contributed by atoms with Crippen molar-refractivity contribution in [3.8, 4) is 0 Å². The van der Waals surface area contributed by atoms with Crippen LogP contribution in [0.15, 0.2) is 36.4 Å². The van der Waals surface area contributed by atoms with Gasteiger partial charge >= 0.3 is 0 Å². The molecule has 5 heteroatoms. The lowest BCUT2D eigenvalue weighted by Crippen LogP contribution is -2.57. The molecule has 0 spiro atoms. The van der Waals surface area contributed by atoms with E-state index in [9.17, 15) is 9.18 Å². The molecule has 3 rings (SSSR count). The number of amides is 1. The molecule has 1 amide bonds. The number of carbonyl (C=O) groups excluding carboxylic acids is 1. The lowest BCUT2D eigenvalue weighted by molar-refractivity contribution is -0.140. The lowest BCUT2D eigenvalue weighted by atomic mass is 9.84. The van der Waals surface area contributed by atoms with Crippen molar-refractivity contribution in [3.05, 3.63) is 42.2 Å². The maximum atomic E-state index is 13.1. The highest BCUT2D eigenvalue weighted by Gasteiger charge is 2.36. The van der Waals surface area contributed by atoms with Crippen LogP contribution in [0, 0.1) is 11.2 Å². The normalized spacial score (nSPS) is 22.0. The Morgan fingerprint density at radius 1 is 1.11 bits per heavy atom. The van der Waals surface area contributed by atoms with Gasteiger partial charge < -0.3 is 9.80 Å². The Bertz CT molecular complexity index is 677. The standard InChI is InChI=1S/C22H32FN3O/c1-17(2)22(3,4)21(27)26-11-5-6-20(16-26)25-14-12-24(13-15-25)19-9-7-18(23)8-10-19/h7-10,20H,1,5-6,11-16H2,2-4H3. The summed E-state index contributed by atoms with van der Waals surface area (Å²) in [5, 5.41) is 0. The number of nitrogens with zero attached hydrogens (tertiary/aromatic N) is 3. The van der Waals surface area contributed by atoms with Gasteiger partial charge in [-0.15, -0.1) is 0 Å². The number of benzene rings is 1. The molecule has 148 valence electrons. The maximum Gasteiger partial charge on any atom is 0.232 e. The monoisotopic (exact) mass is 373 g/mol. The Balaban J connectivity index is 1.57. The molecule has 0 bridgehead atoms. The summed E-state index contributed by atoms with van der Waals surface area (Å²) in [6, 6.07) is 7.18. The van der Waals surface area contributed by atoms with Crippen LogP contribution in [-0.4, -0.2) is 61.0 Å². The first-order chi connectivity index (χ1) is 12.8. The molecule has 1 aromatic rings. The van der Waals surface area contributed by atoms with Gasteiger partial charge in [-0.05, 0) is 57.9 Å². The van der Waals surface area contributed by atoms with Crippen LogP contribution in [0.1, 0.15) is 33.6 Å². The first kappa shape index (κ1) is 19.9. The van der Waals surface area contributed by atoms with E-state index in [0.29, 0.717) is 6.04 Å². The zero-order valence-corrected chi connectivity index (χ0v) is 16.9. The molecule has 0 aromatic heterocycles. The van der Waals surface area contributed by atoms with Gasteiger partial charge in [-0.2, -0.15) is 0 Å². The van der Waals surface area contributed by atoms with E-state index in [4.69, 9.17) is 0 Å². The predicted molar refractivity (Wildman–Crippen MR) is 108 cm³/mol. The number of piperidine rings is 1. The van der Waals surface area contributed by atoms with Crippen molar-refractivity contribution in [2.45, 2.75) is 39.7 Å². The molecular formula is C22H32FN3O. The van der Waals surface area contributed by atoms with Crippen LogP contribution in [0.3, 0.4) is 0 Å². The first-order valence-electron chi connectivity index (χ1n) is 9.99. The van der Waals surface area contributed by atoms with E-state index in [0.717, 1.165) is 63.4 Å². The Labute approximate surface area is 162 Å². The Morgan fingerprint density at radius 3 is 2.33 bits per heavy atom. The fourth-order valence-corrected chi connectivity index (χ4v) is 4.01. The Kier molecular flexibility index (Phi) is 5.89. The number of halogens is 1. The SMILES string of the molecule is C=C(C)C(C)(C)C(=O)N1CCCC(N2CCN(c3ccc(F)cc3)CC2)C1. The first-order valence-corrected chi connectivity index (χ1v) is 9.99. The Morgan fingerprint density at radius 2 is 1.74 bits per heavy atom. The molecule has 27 heavy (non-hydrogen) atoms. The minimum Gasteiger partial charge on any atom is -0.369 e. The van der Waals surface area contributed by atoms with E-state index in [1.807, 2.05) is 37.8 Å². The maximum absolute atomic E-state index is 13.1. The molecule has 0 aliphatic carbocycles. The molecule has 0 radical (unpaired) electrons. The topological polar surface area (TPSA) is 26.8 Å². The van der Waals surface area contributed by atoms with Crippen molar-refractivity contribution in [2.24, 2.45) is 5.41 Å². The molecule has 0 saturated carbocycles. The average Bonchev–Trinajstić information content (AvgIpc) is 2.68. The van der Waals surface area contributed by atoms with Crippen molar-refractivity contribution in [2.75, 3.05) is 44.2 Å². The van der Waals surface area contributed by atoms with Crippen LogP contribution in [0.2, 0.25) is 0 Å². The van der Waals surface area contributed by atoms with Crippen molar-refractivity contribution in [3.63, 3.8) is 0 Å². The smallest absolute Gasteiger partial charge is 0.232 e. The van der Waals surface area contributed by atoms with Gasteiger partial charge in [-0.1, -0.05) is 12.2 Å². The number of hydrogen-bond donors (Lipinski definition) is 0. The Hall–Kier alpha value is -1.88. The number of carbonyl (C=O) groups is 1. The number of rotatable bonds is 4. The molecule has 1 aromatic carbocycles. The van der Waals surface area contributed by atoms with Crippen molar-refractivity contribution >= 4 is 11.6 Å². The second-order valence-corrected chi connectivity index (χ2v) is 8.45. The molecule has 0 N–H and O–H groups in total. The van der Waals surface area contributed by atoms with E-state index in [1.54, 1.807) is 0 Å². The van der Waals surface area contributed by atoms with Gasteiger partial charge in [0.1, 0.15) is 5.82 Å². The van der Waals surface area contributed by atoms with Gasteiger partial charge in [0.15, 0.2) is 0 Å². The predicted octanol–water partition coefficient (Wildman–Crippen LogP) is 3.54. The minimum absolute atomic E-state index is 0.193. The van der Waals surface area contributed by atoms with Crippen LogP contribution in [0.25, 0.3) is 0 Å². The molecule has 4 nitrogen and oxygen atoms in total. The molecule has 1 unspecified atom stereocenters. The van der Waals surface area contributed by atoms with Gasteiger partial charge in [0.05, 0.1) is 5.41 Å². The van der Waals surface area contributed by atoms with Gasteiger partial charge in [0.2, 0.25) is 5.91 Å². The van der Waals surface area contributed by atoms with Crippen LogP contribution in [-0.2, 0) is 4.79 Å². The average molecular weight is 374 g/mol. The quantitative estimate of drug-likeness (QED) is 0.756. The molecule has 2 fully saturated rings. The van der Waals surface area contributed by atoms with Crippen molar-refractivity contribution in [1.82, 2.24) is 9.80 Å². The molecule has 2 heterocycles. The van der Waals surface area contributed by atoms with E-state index in [-0.39, 0.29) is 11.7 Å². The molecule has 1 atom stereocenters. The van der Waals surface area contributed by atoms with Gasteiger partial charge in [-0.25, -0.2) is 4.39 Å². The highest BCUT2D eigenvalue weighted by molar-refractivity contribution is 5.85. The molecule has 2 saturated heterocycles. The number of anilines is 1. The number of likely N-dealkylation sites (tertiary alicyclic amines) is 1. The number of hydrogen-bond acceptors (Lipinski definition) is 3. The fourth-order valence-electron chi connectivity index (χ4n) is 4.01. The summed E-state index contributed by atoms with van der Waals surface area (Å²) in [6.45, 7) is 15.4. The van der Waals surface area contributed by atoms with Gasteiger partial charge in [-0.3, -0.25) is 9.69 Å². The third-order valence-corrected chi connectivity index (χ3v) is 6.31. The zero-order valence-electron chi connectivity index (χ0n) is 16.9. The summed E-state index contributed by atoms with van der Waals surface area (Å²) in [5.74, 6) is 0.00619.